The van der Waals surface area contributed by atoms with Crippen LogP contribution in [-0.2, 0) is 10.0 Å². The topological polar surface area (TPSA) is 54.5 Å². The standard InChI is InChI=1S/C21H17Cl2NO3S/c1-14-7-8-15(2)20(13-14)24(21(25)18-5-3-4-6-19(18)23)28(26,27)17-11-9-16(22)10-12-17/h3-13H,1-2H3. The van der Waals surface area contributed by atoms with Gasteiger partial charge in [0.15, 0.2) is 0 Å². The van der Waals surface area contributed by atoms with E-state index in [9.17, 15) is 13.2 Å². The summed E-state index contributed by atoms with van der Waals surface area (Å²) in [6, 6.07) is 17.3. The van der Waals surface area contributed by atoms with Crippen LogP contribution >= 0.6 is 23.2 Å². The average Bonchev–Trinajstić information content (AvgIpc) is 2.65. The highest BCUT2D eigenvalue weighted by Crippen LogP contribution is 2.31. The molecule has 1 amide bonds. The molecule has 0 saturated heterocycles. The number of anilines is 1. The molecule has 0 saturated carbocycles. The number of carbonyl (C=O) groups is 1. The van der Waals surface area contributed by atoms with Crippen molar-refractivity contribution in [3.05, 3.63) is 93.5 Å². The lowest BCUT2D eigenvalue weighted by Gasteiger charge is -2.25. The van der Waals surface area contributed by atoms with E-state index in [1.165, 1.54) is 30.3 Å². The second kappa shape index (κ2) is 7.95. The molecule has 0 radical (unpaired) electrons. The van der Waals surface area contributed by atoms with E-state index in [4.69, 9.17) is 23.2 Å². The van der Waals surface area contributed by atoms with Crippen LogP contribution in [0.3, 0.4) is 0 Å². The highest BCUT2D eigenvalue weighted by molar-refractivity contribution is 7.93. The van der Waals surface area contributed by atoms with Gasteiger partial charge in [-0.3, -0.25) is 4.79 Å². The molecular weight excluding hydrogens is 417 g/mol. The third kappa shape index (κ3) is 3.92. The van der Waals surface area contributed by atoms with Crippen LogP contribution in [0.15, 0.2) is 71.6 Å². The Kier molecular flexibility index (Phi) is 5.79. The van der Waals surface area contributed by atoms with Crippen LogP contribution in [0, 0.1) is 13.8 Å². The lowest BCUT2D eigenvalue weighted by Crippen LogP contribution is -2.37. The Morgan fingerprint density at radius 3 is 2.18 bits per heavy atom. The zero-order chi connectivity index (χ0) is 20.5. The second-order valence-corrected chi connectivity index (χ2v) is 8.93. The van der Waals surface area contributed by atoms with Crippen molar-refractivity contribution in [3.8, 4) is 0 Å². The summed E-state index contributed by atoms with van der Waals surface area (Å²) < 4.78 is 27.7. The van der Waals surface area contributed by atoms with Gasteiger partial charge in [0.25, 0.3) is 15.9 Å². The van der Waals surface area contributed by atoms with Crippen molar-refractivity contribution in [1.29, 1.82) is 0 Å². The molecule has 4 nitrogen and oxygen atoms in total. The number of benzene rings is 3. The van der Waals surface area contributed by atoms with E-state index >= 15 is 0 Å². The van der Waals surface area contributed by atoms with Gasteiger partial charge in [-0.05, 0) is 67.4 Å². The molecule has 0 spiro atoms. The number of nitrogens with zero attached hydrogens (tertiary/aromatic N) is 1. The molecule has 0 fully saturated rings. The van der Waals surface area contributed by atoms with Gasteiger partial charge < -0.3 is 0 Å². The fourth-order valence-corrected chi connectivity index (χ4v) is 4.55. The zero-order valence-corrected chi connectivity index (χ0v) is 17.5. The van der Waals surface area contributed by atoms with Crippen LogP contribution in [0.5, 0.6) is 0 Å². The molecule has 3 aromatic rings. The van der Waals surface area contributed by atoms with Crippen molar-refractivity contribution in [1.82, 2.24) is 0 Å². The van der Waals surface area contributed by atoms with Gasteiger partial charge in [-0.15, -0.1) is 0 Å². The quantitative estimate of drug-likeness (QED) is 0.534. The lowest BCUT2D eigenvalue weighted by molar-refractivity contribution is 0.101. The smallest absolute Gasteiger partial charge is 0.268 e. The number of halogens is 2. The fourth-order valence-electron chi connectivity index (χ4n) is 2.74. The van der Waals surface area contributed by atoms with E-state index in [1.807, 2.05) is 13.0 Å². The van der Waals surface area contributed by atoms with Crippen molar-refractivity contribution in [2.45, 2.75) is 18.7 Å². The lowest BCUT2D eigenvalue weighted by atomic mass is 10.1. The monoisotopic (exact) mass is 433 g/mol. The number of sulfonamides is 1. The van der Waals surface area contributed by atoms with Crippen molar-refractivity contribution in [2.75, 3.05) is 4.31 Å². The van der Waals surface area contributed by atoms with Crippen molar-refractivity contribution in [2.24, 2.45) is 0 Å². The molecule has 0 N–H and O–H groups in total. The van der Waals surface area contributed by atoms with Crippen LogP contribution in [0.1, 0.15) is 21.5 Å². The van der Waals surface area contributed by atoms with Crippen molar-refractivity contribution in [3.63, 3.8) is 0 Å². The molecule has 0 atom stereocenters. The van der Waals surface area contributed by atoms with Crippen LogP contribution in [0.25, 0.3) is 0 Å². The van der Waals surface area contributed by atoms with E-state index in [0.717, 1.165) is 9.87 Å². The first-order chi connectivity index (χ1) is 13.2. The highest BCUT2D eigenvalue weighted by Gasteiger charge is 2.33. The predicted octanol–water partition coefficient (Wildman–Crippen LogP) is 5.65. The van der Waals surface area contributed by atoms with Crippen molar-refractivity contribution < 1.29 is 13.2 Å². The van der Waals surface area contributed by atoms with Gasteiger partial charge >= 0.3 is 0 Å². The minimum absolute atomic E-state index is 0.0433. The number of amides is 1. The Morgan fingerprint density at radius 1 is 0.893 bits per heavy atom. The summed E-state index contributed by atoms with van der Waals surface area (Å²) in [5, 5.41) is 0.573. The molecule has 0 aromatic heterocycles. The minimum atomic E-state index is -4.21. The Bertz CT molecular complexity index is 1140. The molecule has 0 heterocycles. The summed E-state index contributed by atoms with van der Waals surface area (Å²) in [5.41, 5.74) is 1.84. The number of hydrogen-bond acceptors (Lipinski definition) is 3. The van der Waals surface area contributed by atoms with Gasteiger partial charge in [0, 0.05) is 5.02 Å². The highest BCUT2D eigenvalue weighted by atomic mass is 35.5. The van der Waals surface area contributed by atoms with E-state index in [2.05, 4.69) is 0 Å². The Labute approximate surface area is 174 Å². The number of hydrogen-bond donors (Lipinski definition) is 0. The first-order valence-electron chi connectivity index (χ1n) is 8.39. The molecule has 3 aromatic carbocycles. The Morgan fingerprint density at radius 2 is 1.54 bits per heavy atom. The first kappa shape index (κ1) is 20.4. The minimum Gasteiger partial charge on any atom is -0.268 e. The number of carbonyl (C=O) groups excluding carboxylic acids is 1. The Hall–Kier alpha value is -2.34. The molecule has 3 rings (SSSR count). The summed E-state index contributed by atoms with van der Waals surface area (Å²) in [4.78, 5) is 13.3. The second-order valence-electron chi connectivity index (χ2n) is 6.30. The SMILES string of the molecule is Cc1ccc(C)c(N(C(=O)c2ccccc2Cl)S(=O)(=O)c2ccc(Cl)cc2)c1. The summed E-state index contributed by atoms with van der Waals surface area (Å²) in [6.07, 6.45) is 0. The maximum absolute atomic E-state index is 13.5. The van der Waals surface area contributed by atoms with E-state index in [0.29, 0.717) is 10.6 Å². The summed E-state index contributed by atoms with van der Waals surface area (Å²) in [6.45, 7) is 3.58. The largest absolute Gasteiger partial charge is 0.273 e. The molecule has 0 bridgehead atoms. The van der Waals surface area contributed by atoms with Gasteiger partial charge in [-0.1, -0.05) is 47.5 Å². The average molecular weight is 434 g/mol. The number of rotatable bonds is 4. The van der Waals surface area contributed by atoms with Crippen LogP contribution in [0.4, 0.5) is 5.69 Å². The maximum atomic E-state index is 13.5. The molecule has 0 aliphatic heterocycles. The van der Waals surface area contributed by atoms with Gasteiger partial charge in [-0.2, -0.15) is 4.31 Å². The normalized spacial score (nSPS) is 11.3. The first-order valence-corrected chi connectivity index (χ1v) is 10.6. The molecule has 144 valence electrons. The summed E-state index contributed by atoms with van der Waals surface area (Å²) in [5.74, 6) is -0.728. The predicted molar refractivity (Wildman–Crippen MR) is 113 cm³/mol. The van der Waals surface area contributed by atoms with E-state index in [1.54, 1.807) is 37.3 Å². The van der Waals surface area contributed by atoms with E-state index < -0.39 is 15.9 Å². The maximum Gasteiger partial charge on any atom is 0.273 e. The van der Waals surface area contributed by atoms with Gasteiger partial charge in [0.1, 0.15) is 0 Å². The summed E-state index contributed by atoms with van der Waals surface area (Å²) >= 11 is 12.1. The Balaban J connectivity index is 2.26. The van der Waals surface area contributed by atoms with Crippen LogP contribution < -0.4 is 4.31 Å². The molecule has 0 aliphatic carbocycles. The molecule has 7 heteroatoms. The van der Waals surface area contributed by atoms with Crippen molar-refractivity contribution >= 4 is 44.8 Å². The molecule has 0 aliphatic rings. The summed E-state index contributed by atoms with van der Waals surface area (Å²) in [7, 11) is -4.21. The van der Waals surface area contributed by atoms with Crippen LogP contribution in [-0.4, -0.2) is 14.3 Å². The number of aryl methyl sites for hydroxylation is 2. The molecular formula is C21H17Cl2NO3S. The van der Waals surface area contributed by atoms with Gasteiger partial charge in [-0.25, -0.2) is 8.42 Å². The van der Waals surface area contributed by atoms with E-state index in [-0.39, 0.29) is 21.2 Å². The third-order valence-electron chi connectivity index (χ3n) is 4.22. The molecule has 28 heavy (non-hydrogen) atoms. The third-order valence-corrected chi connectivity index (χ3v) is 6.52. The van der Waals surface area contributed by atoms with Crippen LogP contribution in [0.2, 0.25) is 10.0 Å². The fraction of sp³-hybridized carbons (Fsp3) is 0.0952. The zero-order valence-electron chi connectivity index (χ0n) is 15.2. The van der Waals surface area contributed by atoms with Gasteiger partial charge in [0.05, 0.1) is 21.2 Å². The van der Waals surface area contributed by atoms with Gasteiger partial charge in [0.2, 0.25) is 0 Å². The molecule has 0 unspecified atom stereocenters.